The molecule has 0 spiro atoms. The summed E-state index contributed by atoms with van der Waals surface area (Å²) in [6.45, 7) is 0. The molecule has 0 atom stereocenters. The second-order valence-corrected chi connectivity index (χ2v) is 6.33. The molecule has 4 heterocycles. The predicted octanol–water partition coefficient (Wildman–Crippen LogP) is 4.32. The summed E-state index contributed by atoms with van der Waals surface area (Å²) in [6.07, 6.45) is 7.19. The van der Waals surface area contributed by atoms with Crippen LogP contribution in [-0.4, -0.2) is 24.7 Å². The average molecular weight is 352 g/mol. The van der Waals surface area contributed by atoms with Crippen LogP contribution in [0, 0.1) is 0 Å². The third-order valence-electron chi connectivity index (χ3n) is 4.58. The Morgan fingerprint density at radius 1 is 0.963 bits per heavy atom. The predicted molar refractivity (Wildman–Crippen MR) is 107 cm³/mol. The fraction of sp³-hybridized carbons (Fsp3) is 0.0476. The van der Waals surface area contributed by atoms with E-state index in [2.05, 4.69) is 32.5 Å². The Hall–Kier alpha value is -3.80. The quantitative estimate of drug-likeness (QED) is 0.524. The van der Waals surface area contributed by atoms with Crippen LogP contribution in [0.3, 0.4) is 0 Å². The molecule has 0 unspecified atom stereocenters. The van der Waals surface area contributed by atoms with Crippen molar-refractivity contribution >= 4 is 33.3 Å². The molecule has 0 saturated carbocycles. The van der Waals surface area contributed by atoms with Crippen molar-refractivity contribution in [1.82, 2.24) is 24.7 Å². The smallest absolute Gasteiger partial charge is 0.140 e. The van der Waals surface area contributed by atoms with Crippen molar-refractivity contribution in [1.29, 1.82) is 0 Å². The maximum absolute atomic E-state index is 4.85. The van der Waals surface area contributed by atoms with E-state index in [1.54, 1.807) is 18.6 Å². The van der Waals surface area contributed by atoms with E-state index in [9.17, 15) is 0 Å². The molecule has 0 radical (unpaired) electrons. The van der Waals surface area contributed by atoms with Gasteiger partial charge in [0.15, 0.2) is 0 Å². The molecule has 5 rings (SSSR count). The maximum Gasteiger partial charge on any atom is 0.140 e. The van der Waals surface area contributed by atoms with E-state index in [1.807, 2.05) is 54.3 Å². The molecule has 5 aromatic rings. The molecule has 1 N–H and O–H groups in total. The lowest BCUT2D eigenvalue weighted by molar-refractivity contribution is 0.797. The second-order valence-electron chi connectivity index (χ2n) is 6.33. The fourth-order valence-corrected chi connectivity index (χ4v) is 3.22. The lowest BCUT2D eigenvalue weighted by Gasteiger charge is -2.11. The minimum Gasteiger partial charge on any atom is -0.340 e. The Balaban J connectivity index is 1.64. The largest absolute Gasteiger partial charge is 0.340 e. The molecule has 0 fully saturated rings. The highest BCUT2D eigenvalue weighted by atomic mass is 15.2. The first-order valence-electron chi connectivity index (χ1n) is 8.63. The van der Waals surface area contributed by atoms with Gasteiger partial charge in [-0.3, -0.25) is 14.6 Å². The summed E-state index contributed by atoms with van der Waals surface area (Å²) >= 11 is 0. The standard InChI is InChI=1S/C21H16N6/c1-27-20-5-4-16(11-15(20)13-24-27)25-21-17-3-2-8-23-19(17)12-18(26-21)14-6-9-22-10-7-14/h2-13H,1H3,(H,25,26). The number of rotatable bonds is 3. The van der Waals surface area contributed by atoms with Crippen LogP contribution in [-0.2, 0) is 7.05 Å². The average Bonchev–Trinajstić information content (AvgIpc) is 3.09. The molecule has 6 nitrogen and oxygen atoms in total. The Bertz CT molecular complexity index is 1260. The number of aromatic nitrogens is 5. The number of nitrogens with zero attached hydrogens (tertiary/aromatic N) is 5. The van der Waals surface area contributed by atoms with Gasteiger partial charge in [-0.2, -0.15) is 5.10 Å². The number of nitrogens with one attached hydrogen (secondary N) is 1. The molecule has 0 aliphatic heterocycles. The van der Waals surface area contributed by atoms with Crippen molar-refractivity contribution in [3.63, 3.8) is 0 Å². The zero-order valence-corrected chi connectivity index (χ0v) is 14.7. The second kappa shape index (κ2) is 6.17. The molecule has 130 valence electrons. The first-order valence-corrected chi connectivity index (χ1v) is 8.63. The van der Waals surface area contributed by atoms with Gasteiger partial charge in [0.25, 0.3) is 0 Å². The summed E-state index contributed by atoms with van der Waals surface area (Å²) in [5.41, 5.74) is 4.80. The number of anilines is 2. The highest BCUT2D eigenvalue weighted by molar-refractivity contribution is 5.94. The van der Waals surface area contributed by atoms with Crippen LogP contribution in [0.15, 0.2) is 73.3 Å². The number of fused-ring (bicyclic) bond motifs is 2. The van der Waals surface area contributed by atoms with Crippen LogP contribution in [0.2, 0.25) is 0 Å². The van der Waals surface area contributed by atoms with Gasteiger partial charge in [-0.1, -0.05) is 0 Å². The van der Waals surface area contributed by atoms with Crippen molar-refractivity contribution in [2.24, 2.45) is 7.05 Å². The Kier molecular flexibility index (Phi) is 3.53. The van der Waals surface area contributed by atoms with Gasteiger partial charge in [-0.25, -0.2) is 4.98 Å². The van der Waals surface area contributed by atoms with E-state index in [1.165, 1.54) is 0 Å². The van der Waals surface area contributed by atoms with E-state index in [4.69, 9.17) is 4.98 Å². The Labute approximate surface area is 155 Å². The van der Waals surface area contributed by atoms with E-state index in [0.29, 0.717) is 0 Å². The van der Waals surface area contributed by atoms with Crippen LogP contribution in [0.1, 0.15) is 0 Å². The van der Waals surface area contributed by atoms with E-state index >= 15 is 0 Å². The van der Waals surface area contributed by atoms with Gasteiger partial charge in [0.05, 0.1) is 22.9 Å². The summed E-state index contributed by atoms with van der Waals surface area (Å²) in [5, 5.41) is 9.81. The first-order chi connectivity index (χ1) is 13.3. The van der Waals surface area contributed by atoms with Crippen molar-refractivity contribution in [2.45, 2.75) is 0 Å². The highest BCUT2D eigenvalue weighted by Crippen LogP contribution is 2.29. The van der Waals surface area contributed by atoms with Crippen molar-refractivity contribution in [3.05, 3.63) is 73.3 Å². The van der Waals surface area contributed by atoms with Gasteiger partial charge >= 0.3 is 0 Å². The lowest BCUT2D eigenvalue weighted by atomic mass is 10.1. The summed E-state index contributed by atoms with van der Waals surface area (Å²) in [4.78, 5) is 13.5. The number of hydrogen-bond acceptors (Lipinski definition) is 5. The molecule has 0 saturated heterocycles. The minimum atomic E-state index is 0.774. The first kappa shape index (κ1) is 15.5. The summed E-state index contributed by atoms with van der Waals surface area (Å²) in [7, 11) is 1.94. The zero-order chi connectivity index (χ0) is 18.2. The summed E-state index contributed by atoms with van der Waals surface area (Å²) in [6, 6.07) is 16.0. The normalized spacial score (nSPS) is 11.1. The lowest BCUT2D eigenvalue weighted by Crippen LogP contribution is -1.98. The number of aryl methyl sites for hydroxylation is 1. The number of hydrogen-bond donors (Lipinski definition) is 1. The van der Waals surface area contributed by atoms with E-state index in [-0.39, 0.29) is 0 Å². The van der Waals surface area contributed by atoms with Crippen molar-refractivity contribution in [2.75, 3.05) is 5.32 Å². The number of pyridine rings is 3. The molecular formula is C21H16N6. The van der Waals surface area contributed by atoms with Crippen LogP contribution in [0.5, 0.6) is 0 Å². The molecule has 0 aliphatic carbocycles. The van der Waals surface area contributed by atoms with Gasteiger partial charge < -0.3 is 5.32 Å². The molecule has 0 amide bonds. The fourth-order valence-electron chi connectivity index (χ4n) is 3.22. The topological polar surface area (TPSA) is 68.5 Å². The van der Waals surface area contributed by atoms with Gasteiger partial charge in [-0.15, -0.1) is 0 Å². The molecule has 0 bridgehead atoms. The Morgan fingerprint density at radius 2 is 1.85 bits per heavy atom. The highest BCUT2D eigenvalue weighted by Gasteiger charge is 2.10. The summed E-state index contributed by atoms with van der Waals surface area (Å²) < 4.78 is 1.86. The van der Waals surface area contributed by atoms with Crippen LogP contribution >= 0.6 is 0 Å². The molecule has 0 aliphatic rings. The molecule has 4 aromatic heterocycles. The van der Waals surface area contributed by atoms with Gasteiger partial charge in [0, 0.05) is 47.7 Å². The monoisotopic (exact) mass is 352 g/mol. The Morgan fingerprint density at radius 3 is 2.74 bits per heavy atom. The van der Waals surface area contributed by atoms with Crippen molar-refractivity contribution < 1.29 is 0 Å². The summed E-state index contributed by atoms with van der Waals surface area (Å²) in [5.74, 6) is 0.774. The maximum atomic E-state index is 4.85. The molecular weight excluding hydrogens is 336 g/mol. The zero-order valence-electron chi connectivity index (χ0n) is 14.7. The van der Waals surface area contributed by atoms with E-state index in [0.717, 1.165) is 44.6 Å². The minimum absolute atomic E-state index is 0.774. The number of benzene rings is 1. The van der Waals surface area contributed by atoms with Crippen molar-refractivity contribution in [3.8, 4) is 11.3 Å². The van der Waals surface area contributed by atoms with Crippen LogP contribution < -0.4 is 5.32 Å². The van der Waals surface area contributed by atoms with E-state index < -0.39 is 0 Å². The molecule has 27 heavy (non-hydrogen) atoms. The third kappa shape index (κ3) is 2.77. The van der Waals surface area contributed by atoms with Gasteiger partial charge in [0.2, 0.25) is 0 Å². The molecule has 6 heteroatoms. The van der Waals surface area contributed by atoms with Gasteiger partial charge in [-0.05, 0) is 48.5 Å². The van der Waals surface area contributed by atoms with Gasteiger partial charge in [0.1, 0.15) is 5.82 Å². The van der Waals surface area contributed by atoms with Crippen LogP contribution in [0.4, 0.5) is 11.5 Å². The third-order valence-corrected chi connectivity index (χ3v) is 4.58. The van der Waals surface area contributed by atoms with Crippen LogP contribution in [0.25, 0.3) is 33.1 Å². The molecule has 1 aromatic carbocycles. The SMILES string of the molecule is Cn1ncc2cc(Nc3nc(-c4ccncc4)cc4ncccc34)ccc21.